The third-order valence-electron chi connectivity index (χ3n) is 5.30. The first kappa shape index (κ1) is 29.5. The van der Waals surface area contributed by atoms with E-state index in [4.69, 9.17) is 11.6 Å². The number of hydrazone groups is 1. The zero-order valence-electron chi connectivity index (χ0n) is 20.4. The van der Waals surface area contributed by atoms with Gasteiger partial charge in [-0.3, -0.25) is 9.10 Å². The Morgan fingerprint density at radius 3 is 2.32 bits per heavy atom. The van der Waals surface area contributed by atoms with Crippen molar-refractivity contribution in [2.24, 2.45) is 5.10 Å². The minimum atomic E-state index is -4.84. The Kier molecular flexibility index (Phi) is 9.11. The van der Waals surface area contributed by atoms with Crippen LogP contribution in [0.2, 0.25) is 5.02 Å². The number of anilines is 2. The summed E-state index contributed by atoms with van der Waals surface area (Å²) >= 11 is 9.16. The van der Waals surface area contributed by atoms with Gasteiger partial charge < -0.3 is 4.90 Å². The van der Waals surface area contributed by atoms with Crippen molar-refractivity contribution in [2.45, 2.75) is 18.0 Å². The molecular weight excluding hydrogens is 609 g/mol. The highest BCUT2D eigenvalue weighted by atomic mass is 79.9. The van der Waals surface area contributed by atoms with Crippen LogP contribution in [0.3, 0.4) is 0 Å². The van der Waals surface area contributed by atoms with Crippen molar-refractivity contribution in [2.75, 3.05) is 29.8 Å². The van der Waals surface area contributed by atoms with E-state index in [2.05, 4.69) is 26.5 Å². The number of sulfonamides is 1. The van der Waals surface area contributed by atoms with E-state index in [1.165, 1.54) is 30.5 Å². The summed E-state index contributed by atoms with van der Waals surface area (Å²) in [5, 5.41) is 3.26. The zero-order chi connectivity index (χ0) is 28.3. The van der Waals surface area contributed by atoms with Gasteiger partial charge in [-0.05, 0) is 70.9 Å². The summed E-state index contributed by atoms with van der Waals surface area (Å²) in [6.07, 6.45) is -3.49. The smallest absolute Gasteiger partial charge is 0.377 e. The maximum Gasteiger partial charge on any atom is 0.417 e. The number of hydrogen-bond donors (Lipinski definition) is 1. The number of carbonyl (C=O) groups is 1. The number of halogens is 5. The van der Waals surface area contributed by atoms with Crippen LogP contribution in [-0.2, 0) is 21.0 Å². The number of nitrogens with one attached hydrogen (secondary N) is 1. The van der Waals surface area contributed by atoms with Crippen molar-refractivity contribution < 1.29 is 26.4 Å². The van der Waals surface area contributed by atoms with E-state index in [1.807, 2.05) is 25.1 Å². The molecule has 0 aliphatic carbocycles. The molecule has 0 atom stereocenters. The van der Waals surface area contributed by atoms with Crippen molar-refractivity contribution in [3.05, 3.63) is 86.8 Å². The predicted octanol–water partition coefficient (Wildman–Crippen LogP) is 5.84. The topological polar surface area (TPSA) is 82.1 Å². The molecule has 202 valence electrons. The summed E-state index contributed by atoms with van der Waals surface area (Å²) in [5.74, 6) is -0.871. The van der Waals surface area contributed by atoms with Crippen LogP contribution in [0.15, 0.2) is 75.1 Å². The van der Waals surface area contributed by atoms with E-state index in [0.717, 1.165) is 27.9 Å². The molecule has 3 aromatic rings. The van der Waals surface area contributed by atoms with Crippen LogP contribution in [0.25, 0.3) is 0 Å². The summed E-state index contributed by atoms with van der Waals surface area (Å²) in [7, 11) is -0.682. The summed E-state index contributed by atoms with van der Waals surface area (Å²) in [6, 6.07) is 13.7. The van der Waals surface area contributed by atoms with E-state index in [0.29, 0.717) is 15.9 Å². The molecule has 0 radical (unpaired) electrons. The Bertz CT molecular complexity index is 1460. The summed E-state index contributed by atoms with van der Waals surface area (Å²) in [4.78, 5) is 14.4. The average molecular weight is 632 g/mol. The lowest BCUT2D eigenvalue weighted by Crippen LogP contribution is -2.39. The third kappa shape index (κ3) is 7.06. The molecular formula is C25H23BrClF3N4O3S. The van der Waals surface area contributed by atoms with Gasteiger partial charge in [-0.1, -0.05) is 35.4 Å². The molecule has 3 rings (SSSR count). The molecule has 0 unspecified atom stereocenters. The van der Waals surface area contributed by atoms with Gasteiger partial charge in [0.15, 0.2) is 0 Å². The number of rotatable bonds is 8. The lowest BCUT2D eigenvalue weighted by Gasteiger charge is -2.25. The molecule has 0 heterocycles. The standard InChI is InChI=1S/C25H23BrClF3N4O3S/c1-16-4-8-19(9-5-16)38(36,37)34(18-7-10-22(27)20(13-18)25(28,29)30)15-24(35)32-31-14-17-6-11-23(33(2)3)21(26)12-17/h4-14H,15H2,1-3H3,(H,32,35)/b31-14-. The highest BCUT2D eigenvalue weighted by molar-refractivity contribution is 9.10. The molecule has 1 N–H and O–H groups in total. The largest absolute Gasteiger partial charge is 0.417 e. The second kappa shape index (κ2) is 11.7. The summed E-state index contributed by atoms with van der Waals surface area (Å²) < 4.78 is 68.7. The predicted molar refractivity (Wildman–Crippen MR) is 146 cm³/mol. The van der Waals surface area contributed by atoms with E-state index in [1.54, 1.807) is 19.1 Å². The average Bonchev–Trinajstić information content (AvgIpc) is 2.82. The summed E-state index contributed by atoms with van der Waals surface area (Å²) in [6.45, 7) is 0.913. The van der Waals surface area contributed by atoms with Crippen molar-refractivity contribution in [3.8, 4) is 0 Å². The lowest BCUT2D eigenvalue weighted by molar-refractivity contribution is -0.137. The fourth-order valence-corrected chi connectivity index (χ4v) is 5.74. The van der Waals surface area contributed by atoms with Crippen LogP contribution >= 0.6 is 27.5 Å². The van der Waals surface area contributed by atoms with Crippen LogP contribution < -0.4 is 14.6 Å². The van der Waals surface area contributed by atoms with Crippen molar-refractivity contribution in [1.82, 2.24) is 5.43 Å². The first-order chi connectivity index (χ1) is 17.7. The van der Waals surface area contributed by atoms with Crippen LogP contribution in [0, 0.1) is 6.92 Å². The molecule has 0 aromatic heterocycles. The maximum atomic E-state index is 13.5. The fraction of sp³-hybridized carbons (Fsp3) is 0.200. The maximum absolute atomic E-state index is 13.5. The van der Waals surface area contributed by atoms with Crippen molar-refractivity contribution in [1.29, 1.82) is 0 Å². The van der Waals surface area contributed by atoms with E-state index in [9.17, 15) is 26.4 Å². The minimum Gasteiger partial charge on any atom is -0.377 e. The SMILES string of the molecule is Cc1ccc(S(=O)(=O)N(CC(=O)N/N=C\c2ccc(N(C)C)c(Br)c2)c2ccc(Cl)c(C(F)(F)F)c2)cc1. The van der Waals surface area contributed by atoms with Crippen LogP contribution in [0.4, 0.5) is 24.5 Å². The lowest BCUT2D eigenvalue weighted by atomic mass is 10.2. The number of hydrogen-bond acceptors (Lipinski definition) is 5. The number of benzene rings is 3. The van der Waals surface area contributed by atoms with Gasteiger partial charge in [0, 0.05) is 18.6 Å². The highest BCUT2D eigenvalue weighted by Crippen LogP contribution is 2.38. The minimum absolute atomic E-state index is 0.200. The Hall–Kier alpha value is -3.09. The monoisotopic (exact) mass is 630 g/mol. The Morgan fingerprint density at radius 2 is 1.74 bits per heavy atom. The molecule has 0 aliphatic rings. The van der Waals surface area contributed by atoms with E-state index >= 15 is 0 Å². The highest BCUT2D eigenvalue weighted by Gasteiger charge is 2.35. The Morgan fingerprint density at radius 1 is 1.08 bits per heavy atom. The molecule has 0 aliphatic heterocycles. The van der Waals surface area contributed by atoms with Gasteiger partial charge in [-0.25, -0.2) is 13.8 Å². The van der Waals surface area contributed by atoms with Gasteiger partial charge in [0.2, 0.25) is 0 Å². The first-order valence-electron chi connectivity index (χ1n) is 10.9. The normalized spacial score (nSPS) is 12.0. The number of nitrogens with zero attached hydrogens (tertiary/aromatic N) is 3. The molecule has 7 nitrogen and oxygen atoms in total. The molecule has 0 spiro atoms. The van der Waals surface area contributed by atoms with Gasteiger partial charge >= 0.3 is 6.18 Å². The van der Waals surface area contributed by atoms with Gasteiger partial charge in [0.05, 0.1) is 33.1 Å². The second-order valence-corrected chi connectivity index (χ2v) is 11.5. The summed E-state index contributed by atoms with van der Waals surface area (Å²) in [5.41, 5.74) is 2.95. The molecule has 0 saturated carbocycles. The molecule has 3 aromatic carbocycles. The fourth-order valence-electron chi connectivity index (χ4n) is 3.35. The Labute approximate surface area is 232 Å². The number of carbonyl (C=O) groups excluding carboxylic acids is 1. The third-order valence-corrected chi connectivity index (χ3v) is 8.05. The molecule has 38 heavy (non-hydrogen) atoms. The van der Waals surface area contributed by atoms with Crippen molar-refractivity contribution in [3.63, 3.8) is 0 Å². The van der Waals surface area contributed by atoms with Crippen LogP contribution in [0.1, 0.15) is 16.7 Å². The van der Waals surface area contributed by atoms with E-state index in [-0.39, 0.29) is 10.6 Å². The van der Waals surface area contributed by atoms with E-state index < -0.39 is 39.2 Å². The van der Waals surface area contributed by atoms with Gasteiger partial charge in [-0.15, -0.1) is 0 Å². The molecule has 0 fully saturated rings. The van der Waals surface area contributed by atoms with Gasteiger partial charge in [-0.2, -0.15) is 18.3 Å². The molecule has 13 heteroatoms. The van der Waals surface area contributed by atoms with Crippen LogP contribution in [0.5, 0.6) is 0 Å². The number of aryl methyl sites for hydroxylation is 1. The molecule has 0 bridgehead atoms. The first-order valence-corrected chi connectivity index (χ1v) is 13.6. The molecule has 0 saturated heterocycles. The number of alkyl halides is 3. The Balaban J connectivity index is 1.92. The van der Waals surface area contributed by atoms with Crippen molar-refractivity contribution >= 4 is 61.1 Å². The van der Waals surface area contributed by atoms with Crippen LogP contribution in [-0.4, -0.2) is 41.2 Å². The van der Waals surface area contributed by atoms with Gasteiger partial charge in [0.1, 0.15) is 6.54 Å². The second-order valence-electron chi connectivity index (χ2n) is 8.39. The number of amides is 1. The molecule has 1 amide bonds. The van der Waals surface area contributed by atoms with Gasteiger partial charge in [0.25, 0.3) is 15.9 Å². The zero-order valence-corrected chi connectivity index (χ0v) is 23.6. The quantitative estimate of drug-likeness (QED) is 0.250.